The van der Waals surface area contributed by atoms with Crippen LogP contribution in [0.1, 0.15) is 32.1 Å². The van der Waals surface area contributed by atoms with Gasteiger partial charge in [0.2, 0.25) is 0 Å². The molecule has 2 heterocycles. The number of aromatic nitrogens is 2. The van der Waals surface area contributed by atoms with Crippen LogP contribution in [0.15, 0.2) is 71.1 Å². The zero-order chi connectivity index (χ0) is 21.4. The Hall–Kier alpha value is -2.63. The van der Waals surface area contributed by atoms with Gasteiger partial charge in [-0.15, -0.1) is 0 Å². The van der Waals surface area contributed by atoms with Crippen LogP contribution in [0.25, 0.3) is 22.4 Å². The van der Waals surface area contributed by atoms with Crippen LogP contribution in [0.4, 0.5) is 0 Å². The molecule has 0 aliphatic heterocycles. The minimum Gasteiger partial charge on any atom is -0.457 e. The van der Waals surface area contributed by atoms with E-state index < -0.39 is 8.32 Å². The maximum atomic E-state index is 6.32. The van der Waals surface area contributed by atoms with Crippen molar-refractivity contribution in [3.63, 3.8) is 0 Å². The molecular formula is C25H30N2O2Si. The summed E-state index contributed by atoms with van der Waals surface area (Å²) in [4.78, 5) is 0. The highest BCUT2D eigenvalue weighted by atomic mass is 28.4. The van der Waals surface area contributed by atoms with Gasteiger partial charge in [0, 0.05) is 5.39 Å². The summed E-state index contributed by atoms with van der Waals surface area (Å²) < 4.78 is 14.5. The predicted molar refractivity (Wildman–Crippen MR) is 125 cm³/mol. The van der Waals surface area contributed by atoms with Crippen LogP contribution >= 0.6 is 0 Å². The molecule has 2 aromatic heterocycles. The van der Waals surface area contributed by atoms with Gasteiger partial charge in [0.15, 0.2) is 14.1 Å². The van der Waals surface area contributed by atoms with Gasteiger partial charge in [-0.2, -0.15) is 5.10 Å². The Morgan fingerprint density at radius 3 is 2.37 bits per heavy atom. The molecule has 0 saturated heterocycles. The molecule has 5 heteroatoms. The molecular weight excluding hydrogens is 388 g/mol. The van der Waals surface area contributed by atoms with Crippen molar-refractivity contribution in [3.8, 4) is 11.5 Å². The fourth-order valence-electron chi connectivity index (χ4n) is 3.24. The third kappa shape index (κ3) is 4.13. The SMILES string of the molecule is CC(C)(C)[Si](C)(C)OCc1ccc(-c2nn(Cc3ccccc3)c3ccccc23)o1. The maximum absolute atomic E-state index is 6.32. The molecule has 0 fully saturated rings. The third-order valence-electron chi connectivity index (χ3n) is 6.11. The first-order valence-corrected chi connectivity index (χ1v) is 13.4. The molecule has 0 saturated carbocycles. The van der Waals surface area contributed by atoms with Crippen LogP contribution in [0.5, 0.6) is 0 Å². The smallest absolute Gasteiger partial charge is 0.192 e. The molecule has 0 unspecified atom stereocenters. The standard InChI is InChI=1S/C25H30N2O2Si/c1-25(2,3)30(4,5)28-18-20-15-16-23(29-20)24-21-13-9-10-14-22(21)27(26-24)17-19-11-7-6-8-12-19/h6-16H,17-18H2,1-5H3. The molecule has 0 spiro atoms. The van der Waals surface area contributed by atoms with Crippen molar-refractivity contribution in [3.05, 3.63) is 78.1 Å². The molecule has 4 rings (SSSR count). The monoisotopic (exact) mass is 418 g/mol. The van der Waals surface area contributed by atoms with Gasteiger partial charge in [0.1, 0.15) is 11.5 Å². The van der Waals surface area contributed by atoms with Crippen LogP contribution in [-0.4, -0.2) is 18.1 Å². The van der Waals surface area contributed by atoms with E-state index in [1.165, 1.54) is 5.56 Å². The Balaban J connectivity index is 1.61. The van der Waals surface area contributed by atoms with Crippen molar-refractivity contribution in [1.29, 1.82) is 0 Å². The lowest BCUT2D eigenvalue weighted by Crippen LogP contribution is -2.40. The molecule has 0 amide bonds. The van der Waals surface area contributed by atoms with Crippen molar-refractivity contribution in [2.45, 2.75) is 52.1 Å². The van der Waals surface area contributed by atoms with E-state index in [9.17, 15) is 0 Å². The second-order valence-corrected chi connectivity index (χ2v) is 14.1. The van der Waals surface area contributed by atoms with Gasteiger partial charge in [-0.25, -0.2) is 0 Å². The van der Waals surface area contributed by atoms with Gasteiger partial charge >= 0.3 is 0 Å². The Bertz CT molecular complexity index is 1140. The van der Waals surface area contributed by atoms with Crippen LogP contribution in [0.2, 0.25) is 18.1 Å². The maximum Gasteiger partial charge on any atom is 0.192 e. The van der Waals surface area contributed by atoms with E-state index in [0.29, 0.717) is 6.61 Å². The summed E-state index contributed by atoms with van der Waals surface area (Å²) in [6.07, 6.45) is 0. The molecule has 2 aromatic carbocycles. The van der Waals surface area contributed by atoms with Gasteiger partial charge in [-0.05, 0) is 41.9 Å². The summed E-state index contributed by atoms with van der Waals surface area (Å²) in [5.41, 5.74) is 3.20. The molecule has 0 bridgehead atoms. The molecule has 4 aromatic rings. The Morgan fingerprint density at radius 1 is 0.933 bits per heavy atom. The van der Waals surface area contributed by atoms with Crippen LogP contribution in [-0.2, 0) is 17.6 Å². The normalized spacial score (nSPS) is 12.6. The lowest BCUT2D eigenvalue weighted by atomic mass is 10.2. The number of hydrogen-bond acceptors (Lipinski definition) is 3. The van der Waals surface area contributed by atoms with Crippen LogP contribution < -0.4 is 0 Å². The number of nitrogens with zero attached hydrogens (tertiary/aromatic N) is 2. The van der Waals surface area contributed by atoms with Gasteiger partial charge in [0.05, 0.1) is 18.7 Å². The summed E-state index contributed by atoms with van der Waals surface area (Å²) in [5.74, 6) is 1.63. The lowest BCUT2D eigenvalue weighted by molar-refractivity contribution is 0.247. The van der Waals surface area contributed by atoms with Crippen molar-refractivity contribution in [1.82, 2.24) is 9.78 Å². The summed E-state index contributed by atoms with van der Waals surface area (Å²) in [6, 6.07) is 22.7. The number of benzene rings is 2. The van der Waals surface area contributed by atoms with Crippen molar-refractivity contribution < 1.29 is 8.84 Å². The summed E-state index contributed by atoms with van der Waals surface area (Å²) in [5, 5.41) is 6.18. The Kier molecular flexibility index (Phi) is 5.43. The van der Waals surface area contributed by atoms with E-state index in [1.54, 1.807) is 0 Å². The van der Waals surface area contributed by atoms with Gasteiger partial charge < -0.3 is 8.84 Å². The van der Waals surface area contributed by atoms with Crippen molar-refractivity contribution >= 4 is 19.2 Å². The predicted octanol–water partition coefficient (Wildman–Crippen LogP) is 6.87. The Morgan fingerprint density at radius 2 is 1.63 bits per heavy atom. The summed E-state index contributed by atoms with van der Waals surface area (Å²) in [7, 11) is -1.82. The highest BCUT2D eigenvalue weighted by Crippen LogP contribution is 2.37. The van der Waals surface area contributed by atoms with Gasteiger partial charge in [0.25, 0.3) is 0 Å². The van der Waals surface area contributed by atoms with E-state index in [2.05, 4.69) is 76.3 Å². The molecule has 156 valence electrons. The molecule has 0 N–H and O–H groups in total. The number of rotatable bonds is 6. The highest BCUT2D eigenvalue weighted by molar-refractivity contribution is 6.74. The zero-order valence-electron chi connectivity index (χ0n) is 18.5. The van der Waals surface area contributed by atoms with Crippen molar-refractivity contribution in [2.75, 3.05) is 0 Å². The zero-order valence-corrected chi connectivity index (χ0v) is 19.5. The van der Waals surface area contributed by atoms with E-state index in [1.807, 2.05) is 28.9 Å². The lowest BCUT2D eigenvalue weighted by Gasteiger charge is -2.35. The molecule has 4 nitrogen and oxygen atoms in total. The number of fused-ring (bicyclic) bond motifs is 1. The minimum absolute atomic E-state index is 0.175. The highest BCUT2D eigenvalue weighted by Gasteiger charge is 2.37. The first kappa shape index (κ1) is 20.6. The second kappa shape index (κ2) is 7.89. The first-order valence-electron chi connectivity index (χ1n) is 10.5. The van der Waals surface area contributed by atoms with Crippen LogP contribution in [0, 0.1) is 0 Å². The van der Waals surface area contributed by atoms with E-state index >= 15 is 0 Å². The fourth-order valence-corrected chi connectivity index (χ4v) is 4.17. The van der Waals surface area contributed by atoms with E-state index in [4.69, 9.17) is 13.9 Å². The molecule has 30 heavy (non-hydrogen) atoms. The number of para-hydroxylation sites is 1. The average molecular weight is 419 g/mol. The quantitative estimate of drug-likeness (QED) is 0.321. The van der Waals surface area contributed by atoms with Gasteiger partial charge in [-0.3, -0.25) is 4.68 Å². The second-order valence-electron chi connectivity index (χ2n) is 9.32. The average Bonchev–Trinajstić information content (AvgIpc) is 3.32. The Labute approximate surface area is 179 Å². The first-order chi connectivity index (χ1) is 14.2. The van der Waals surface area contributed by atoms with E-state index in [0.717, 1.165) is 34.7 Å². The molecule has 0 aliphatic carbocycles. The largest absolute Gasteiger partial charge is 0.457 e. The molecule has 0 atom stereocenters. The van der Waals surface area contributed by atoms with Crippen LogP contribution in [0.3, 0.4) is 0 Å². The third-order valence-corrected chi connectivity index (χ3v) is 10.6. The minimum atomic E-state index is -1.82. The number of furan rings is 1. The fraction of sp³-hybridized carbons (Fsp3) is 0.320. The van der Waals surface area contributed by atoms with E-state index in [-0.39, 0.29) is 5.04 Å². The van der Waals surface area contributed by atoms with Crippen molar-refractivity contribution in [2.24, 2.45) is 0 Å². The summed E-state index contributed by atoms with van der Waals surface area (Å²) in [6.45, 7) is 12.5. The molecule has 0 radical (unpaired) electrons. The molecule has 0 aliphatic rings. The number of hydrogen-bond donors (Lipinski definition) is 0. The van der Waals surface area contributed by atoms with Gasteiger partial charge in [-0.1, -0.05) is 69.3 Å². The summed E-state index contributed by atoms with van der Waals surface area (Å²) >= 11 is 0. The topological polar surface area (TPSA) is 40.2 Å².